The van der Waals surface area contributed by atoms with E-state index in [1.807, 2.05) is 26.0 Å². The van der Waals surface area contributed by atoms with Gasteiger partial charge in [-0.1, -0.05) is 55.8 Å². The highest BCUT2D eigenvalue weighted by Crippen LogP contribution is 2.26. The molecule has 0 saturated heterocycles. The number of carbonyl (C=O) groups is 2. The molecule has 1 amide bonds. The third kappa shape index (κ3) is 5.76. The smallest absolute Gasteiger partial charge is 0.339 e. The van der Waals surface area contributed by atoms with Crippen LogP contribution in [0.25, 0.3) is 0 Å². The zero-order chi connectivity index (χ0) is 24.9. The summed E-state index contributed by atoms with van der Waals surface area (Å²) in [6.07, 6.45) is 0. The summed E-state index contributed by atoms with van der Waals surface area (Å²) in [4.78, 5) is 24.9. The summed E-state index contributed by atoms with van der Waals surface area (Å²) < 4.78 is 32.6. The van der Waals surface area contributed by atoms with Crippen molar-refractivity contribution in [3.63, 3.8) is 0 Å². The lowest BCUT2D eigenvalue weighted by atomic mass is 10.0. The van der Waals surface area contributed by atoms with E-state index in [-0.39, 0.29) is 27.1 Å². The molecule has 0 unspecified atom stereocenters. The Morgan fingerprint density at radius 2 is 1.65 bits per heavy atom. The number of hydrogen-bond acceptors (Lipinski definition) is 5. The molecule has 3 aromatic carbocycles. The molecule has 1 N–H and O–H groups in total. The van der Waals surface area contributed by atoms with E-state index in [0.717, 1.165) is 9.87 Å². The molecular formula is C25H25ClN2O5S. The number of rotatable bonds is 8. The van der Waals surface area contributed by atoms with Gasteiger partial charge < -0.3 is 10.1 Å². The van der Waals surface area contributed by atoms with Crippen molar-refractivity contribution in [3.8, 4) is 0 Å². The minimum absolute atomic E-state index is 0.0650. The first kappa shape index (κ1) is 25.3. The molecule has 0 aliphatic heterocycles. The second kappa shape index (κ2) is 10.7. The molecule has 0 aliphatic rings. The molecular weight excluding hydrogens is 476 g/mol. The molecule has 0 spiro atoms. The SMILES string of the molecule is COC(=O)c1cc(NC(=O)CN(c2ccc(C(C)C)cc2)S(=O)(=O)c2ccccc2)ccc1Cl. The minimum Gasteiger partial charge on any atom is -0.465 e. The molecule has 0 fully saturated rings. The van der Waals surface area contributed by atoms with E-state index in [1.54, 1.807) is 30.3 Å². The number of methoxy groups -OCH3 is 1. The van der Waals surface area contributed by atoms with Crippen LogP contribution in [0.1, 0.15) is 35.7 Å². The van der Waals surface area contributed by atoms with Crippen LogP contribution < -0.4 is 9.62 Å². The molecule has 7 nitrogen and oxygen atoms in total. The molecule has 3 aromatic rings. The molecule has 0 aromatic heterocycles. The maximum atomic E-state index is 13.4. The Labute approximate surface area is 204 Å². The van der Waals surface area contributed by atoms with Gasteiger partial charge in [-0.3, -0.25) is 9.10 Å². The van der Waals surface area contributed by atoms with Crippen LogP contribution in [0.3, 0.4) is 0 Å². The van der Waals surface area contributed by atoms with Gasteiger partial charge in [-0.25, -0.2) is 13.2 Å². The molecule has 0 bridgehead atoms. The van der Waals surface area contributed by atoms with Gasteiger partial charge in [-0.2, -0.15) is 0 Å². The monoisotopic (exact) mass is 500 g/mol. The van der Waals surface area contributed by atoms with Gasteiger partial charge in [0.25, 0.3) is 10.0 Å². The first-order valence-electron chi connectivity index (χ1n) is 10.5. The lowest BCUT2D eigenvalue weighted by molar-refractivity contribution is -0.114. The van der Waals surface area contributed by atoms with E-state index in [0.29, 0.717) is 5.69 Å². The van der Waals surface area contributed by atoms with Gasteiger partial charge in [0.05, 0.1) is 28.3 Å². The highest BCUT2D eigenvalue weighted by Gasteiger charge is 2.27. The van der Waals surface area contributed by atoms with Gasteiger partial charge in [0.2, 0.25) is 5.91 Å². The van der Waals surface area contributed by atoms with E-state index in [9.17, 15) is 18.0 Å². The maximum Gasteiger partial charge on any atom is 0.339 e. The quantitative estimate of drug-likeness (QED) is 0.435. The van der Waals surface area contributed by atoms with Crippen molar-refractivity contribution in [2.75, 3.05) is 23.3 Å². The van der Waals surface area contributed by atoms with Crippen molar-refractivity contribution >= 4 is 44.9 Å². The Hall–Kier alpha value is -3.36. The Kier molecular flexibility index (Phi) is 7.96. The molecule has 0 aliphatic carbocycles. The van der Waals surface area contributed by atoms with Crippen molar-refractivity contribution < 1.29 is 22.7 Å². The Bertz CT molecular complexity index is 1280. The molecule has 0 saturated carbocycles. The molecule has 0 atom stereocenters. The Balaban J connectivity index is 1.93. The van der Waals surface area contributed by atoms with Crippen LogP contribution in [-0.4, -0.2) is 33.9 Å². The predicted molar refractivity (Wildman–Crippen MR) is 133 cm³/mol. The van der Waals surface area contributed by atoms with Crippen molar-refractivity contribution in [3.05, 3.63) is 88.9 Å². The number of anilines is 2. The minimum atomic E-state index is -4.03. The van der Waals surface area contributed by atoms with Gasteiger partial charge in [0, 0.05) is 5.69 Å². The number of amides is 1. The number of nitrogens with zero attached hydrogens (tertiary/aromatic N) is 1. The van der Waals surface area contributed by atoms with E-state index < -0.39 is 28.4 Å². The zero-order valence-corrected chi connectivity index (χ0v) is 20.6. The second-order valence-electron chi connectivity index (χ2n) is 7.81. The number of benzene rings is 3. The van der Waals surface area contributed by atoms with Crippen molar-refractivity contribution in [1.29, 1.82) is 0 Å². The normalized spacial score (nSPS) is 11.2. The largest absolute Gasteiger partial charge is 0.465 e. The predicted octanol–water partition coefficient (Wildman–Crippen LogP) is 5.08. The fourth-order valence-corrected chi connectivity index (χ4v) is 4.90. The summed E-state index contributed by atoms with van der Waals surface area (Å²) >= 11 is 6.03. The van der Waals surface area contributed by atoms with Crippen LogP contribution in [-0.2, 0) is 19.6 Å². The first-order chi connectivity index (χ1) is 16.1. The molecule has 9 heteroatoms. The molecule has 178 valence electrons. The van der Waals surface area contributed by atoms with E-state index in [4.69, 9.17) is 16.3 Å². The zero-order valence-electron chi connectivity index (χ0n) is 19.0. The summed E-state index contributed by atoms with van der Waals surface area (Å²) in [5, 5.41) is 2.80. The van der Waals surface area contributed by atoms with Crippen molar-refractivity contribution in [2.24, 2.45) is 0 Å². The number of hydrogen-bond donors (Lipinski definition) is 1. The van der Waals surface area contributed by atoms with Crippen LogP contribution in [0.2, 0.25) is 5.02 Å². The molecule has 0 radical (unpaired) electrons. The Morgan fingerprint density at radius 1 is 1.00 bits per heavy atom. The van der Waals surface area contributed by atoms with Gasteiger partial charge in [0.1, 0.15) is 6.54 Å². The van der Waals surface area contributed by atoms with Crippen LogP contribution in [0, 0.1) is 0 Å². The number of carbonyl (C=O) groups excluding carboxylic acids is 2. The average Bonchev–Trinajstić information content (AvgIpc) is 2.83. The Morgan fingerprint density at radius 3 is 2.24 bits per heavy atom. The first-order valence-corrected chi connectivity index (χ1v) is 12.3. The van der Waals surface area contributed by atoms with Gasteiger partial charge in [-0.05, 0) is 53.9 Å². The average molecular weight is 501 g/mol. The van der Waals surface area contributed by atoms with Crippen molar-refractivity contribution in [2.45, 2.75) is 24.7 Å². The van der Waals surface area contributed by atoms with Crippen LogP contribution in [0.5, 0.6) is 0 Å². The maximum absolute atomic E-state index is 13.4. The van der Waals surface area contributed by atoms with Crippen LogP contribution in [0.4, 0.5) is 11.4 Å². The summed E-state index contributed by atoms with van der Waals surface area (Å²) in [6, 6.07) is 19.3. The van der Waals surface area contributed by atoms with Gasteiger partial charge >= 0.3 is 5.97 Å². The van der Waals surface area contributed by atoms with Gasteiger partial charge in [0.15, 0.2) is 0 Å². The van der Waals surface area contributed by atoms with E-state index in [1.165, 1.54) is 37.4 Å². The lowest BCUT2D eigenvalue weighted by Gasteiger charge is -2.24. The number of halogens is 1. The second-order valence-corrected chi connectivity index (χ2v) is 10.1. The standard InChI is InChI=1S/C25H25ClN2O5S/c1-17(2)18-9-12-20(13-10-18)28(34(31,32)21-7-5-4-6-8-21)16-24(29)27-19-11-14-23(26)22(15-19)25(30)33-3/h4-15,17H,16H2,1-3H3,(H,27,29). The lowest BCUT2D eigenvalue weighted by Crippen LogP contribution is -2.38. The molecule has 34 heavy (non-hydrogen) atoms. The number of sulfonamides is 1. The van der Waals surface area contributed by atoms with Crippen molar-refractivity contribution in [1.82, 2.24) is 0 Å². The topological polar surface area (TPSA) is 92.8 Å². The molecule has 3 rings (SSSR count). The summed E-state index contributed by atoms with van der Waals surface area (Å²) in [5.41, 5.74) is 1.76. The third-order valence-corrected chi connectivity index (χ3v) is 7.24. The summed E-state index contributed by atoms with van der Waals surface area (Å²) in [6.45, 7) is 3.60. The fourth-order valence-electron chi connectivity index (χ4n) is 3.26. The number of ether oxygens (including phenoxy) is 1. The molecule has 0 heterocycles. The van der Waals surface area contributed by atoms with Crippen LogP contribution >= 0.6 is 11.6 Å². The third-order valence-electron chi connectivity index (χ3n) is 5.12. The van der Waals surface area contributed by atoms with E-state index >= 15 is 0 Å². The highest BCUT2D eigenvalue weighted by molar-refractivity contribution is 7.92. The van der Waals surface area contributed by atoms with E-state index in [2.05, 4.69) is 5.32 Å². The number of nitrogens with one attached hydrogen (secondary N) is 1. The highest BCUT2D eigenvalue weighted by atomic mass is 35.5. The fraction of sp³-hybridized carbons (Fsp3) is 0.200. The summed E-state index contributed by atoms with van der Waals surface area (Å²) in [7, 11) is -2.81. The summed E-state index contributed by atoms with van der Waals surface area (Å²) in [5.74, 6) is -0.976. The van der Waals surface area contributed by atoms with Gasteiger partial charge in [-0.15, -0.1) is 0 Å². The number of esters is 1. The van der Waals surface area contributed by atoms with Crippen LogP contribution in [0.15, 0.2) is 77.7 Å².